The molecule has 1 amide bonds. The first kappa shape index (κ1) is 18.2. The van der Waals surface area contributed by atoms with Gasteiger partial charge in [0, 0.05) is 4.90 Å². The van der Waals surface area contributed by atoms with Gasteiger partial charge in [-0.3, -0.25) is 4.79 Å². The van der Waals surface area contributed by atoms with E-state index in [0.29, 0.717) is 14.9 Å². The molecule has 0 aromatic heterocycles. The van der Waals surface area contributed by atoms with Crippen molar-refractivity contribution in [2.24, 2.45) is 5.92 Å². The van der Waals surface area contributed by atoms with Crippen molar-refractivity contribution in [3.8, 4) is 6.07 Å². The van der Waals surface area contributed by atoms with Crippen molar-refractivity contribution in [2.75, 3.05) is 0 Å². The van der Waals surface area contributed by atoms with Crippen LogP contribution in [0.3, 0.4) is 0 Å². The lowest BCUT2D eigenvalue weighted by atomic mass is 9.90. The number of rotatable bonds is 5. The molecular formula is C15H18Cl2N2OS. The third-order valence-corrected chi connectivity index (χ3v) is 5.45. The van der Waals surface area contributed by atoms with Crippen LogP contribution in [0.2, 0.25) is 10.0 Å². The van der Waals surface area contributed by atoms with Crippen LogP contribution in [-0.2, 0) is 4.79 Å². The largest absolute Gasteiger partial charge is 0.337 e. The molecule has 0 fully saturated rings. The van der Waals surface area contributed by atoms with Gasteiger partial charge in [-0.1, -0.05) is 43.1 Å². The highest BCUT2D eigenvalue weighted by Gasteiger charge is 2.32. The van der Waals surface area contributed by atoms with Crippen LogP contribution < -0.4 is 5.32 Å². The number of hydrogen-bond donors (Lipinski definition) is 1. The minimum atomic E-state index is -0.893. The number of thioether (sulfide) groups is 1. The Balaban J connectivity index is 2.83. The topological polar surface area (TPSA) is 52.9 Å². The number of amides is 1. The summed E-state index contributed by atoms with van der Waals surface area (Å²) in [7, 11) is 0. The molecule has 3 nitrogen and oxygen atoms in total. The van der Waals surface area contributed by atoms with Gasteiger partial charge in [-0.15, -0.1) is 11.8 Å². The molecule has 1 rings (SSSR count). The number of nitrogens with zero attached hydrogens (tertiary/aromatic N) is 1. The molecule has 0 unspecified atom stereocenters. The highest BCUT2D eigenvalue weighted by molar-refractivity contribution is 8.00. The lowest BCUT2D eigenvalue weighted by Gasteiger charge is -2.28. The number of halogens is 2. The minimum Gasteiger partial charge on any atom is -0.337 e. The standard InChI is InChI=1S/C15H18Cl2N2OS/c1-9(2)15(4,8-18)19-14(20)10(3)21-13-11(16)6-5-7-12(13)17/h5-7,9-10H,1-4H3,(H,19,20)/t10-,15-/m0/s1. The Bertz CT molecular complexity index is 551. The number of carbonyl (C=O) groups is 1. The molecule has 0 aliphatic rings. The SMILES string of the molecule is CC(C)[C@](C)(C#N)NC(=O)[C@H](C)Sc1c(Cl)cccc1Cl. The van der Waals surface area contributed by atoms with Crippen molar-refractivity contribution in [1.29, 1.82) is 5.26 Å². The maximum atomic E-state index is 12.3. The van der Waals surface area contributed by atoms with E-state index in [9.17, 15) is 10.1 Å². The van der Waals surface area contributed by atoms with E-state index in [4.69, 9.17) is 23.2 Å². The number of carbonyl (C=O) groups excluding carboxylic acids is 1. The number of benzene rings is 1. The Kier molecular flexibility index (Phi) is 6.40. The Labute approximate surface area is 140 Å². The Morgan fingerprint density at radius 3 is 2.29 bits per heavy atom. The van der Waals surface area contributed by atoms with E-state index >= 15 is 0 Å². The van der Waals surface area contributed by atoms with Gasteiger partial charge in [0.05, 0.1) is 21.4 Å². The molecular weight excluding hydrogens is 327 g/mol. The van der Waals surface area contributed by atoms with Gasteiger partial charge in [0.15, 0.2) is 0 Å². The predicted octanol–water partition coefficient (Wildman–Crippen LogP) is 4.53. The fourth-order valence-corrected chi connectivity index (χ4v) is 3.03. The molecule has 114 valence electrons. The van der Waals surface area contributed by atoms with Crippen molar-refractivity contribution in [1.82, 2.24) is 5.32 Å². The second-order valence-corrected chi connectivity index (χ2v) is 7.43. The summed E-state index contributed by atoms with van der Waals surface area (Å²) in [5.74, 6) is -0.207. The van der Waals surface area contributed by atoms with Crippen LogP contribution >= 0.6 is 35.0 Å². The van der Waals surface area contributed by atoms with Gasteiger partial charge in [-0.25, -0.2) is 0 Å². The summed E-state index contributed by atoms with van der Waals surface area (Å²) in [5, 5.41) is 12.7. The van der Waals surface area contributed by atoms with Crippen molar-refractivity contribution in [2.45, 2.75) is 43.4 Å². The molecule has 0 spiro atoms. The van der Waals surface area contributed by atoms with Crippen LogP contribution in [0.4, 0.5) is 0 Å². The first-order valence-corrected chi connectivity index (χ1v) is 8.18. The highest BCUT2D eigenvalue weighted by Crippen LogP contribution is 2.36. The van der Waals surface area contributed by atoms with Gasteiger partial charge in [0.25, 0.3) is 0 Å². The summed E-state index contributed by atoms with van der Waals surface area (Å²) < 4.78 is 0. The molecule has 1 aromatic carbocycles. The predicted molar refractivity (Wildman–Crippen MR) is 88.8 cm³/mol. The van der Waals surface area contributed by atoms with E-state index in [1.807, 2.05) is 13.8 Å². The summed E-state index contributed by atoms with van der Waals surface area (Å²) in [6.07, 6.45) is 0. The fraction of sp³-hybridized carbons (Fsp3) is 0.467. The molecule has 0 heterocycles. The molecule has 0 radical (unpaired) electrons. The average molecular weight is 345 g/mol. The van der Waals surface area contributed by atoms with Crippen LogP contribution in [-0.4, -0.2) is 16.7 Å². The van der Waals surface area contributed by atoms with Crippen LogP contribution in [0.25, 0.3) is 0 Å². The molecule has 0 saturated carbocycles. The van der Waals surface area contributed by atoms with E-state index in [1.54, 1.807) is 32.0 Å². The van der Waals surface area contributed by atoms with Gasteiger partial charge in [0.2, 0.25) is 5.91 Å². The van der Waals surface area contributed by atoms with Crippen molar-refractivity contribution in [3.63, 3.8) is 0 Å². The van der Waals surface area contributed by atoms with Crippen LogP contribution in [0.1, 0.15) is 27.7 Å². The van der Waals surface area contributed by atoms with Gasteiger partial charge in [0.1, 0.15) is 5.54 Å². The molecule has 0 bridgehead atoms. The zero-order valence-electron chi connectivity index (χ0n) is 12.4. The summed E-state index contributed by atoms with van der Waals surface area (Å²) in [5.41, 5.74) is -0.893. The van der Waals surface area contributed by atoms with Crippen molar-refractivity contribution < 1.29 is 4.79 Å². The maximum Gasteiger partial charge on any atom is 0.234 e. The third kappa shape index (κ3) is 4.54. The molecule has 0 saturated heterocycles. The smallest absolute Gasteiger partial charge is 0.234 e. The molecule has 0 aliphatic heterocycles. The number of nitriles is 1. The van der Waals surface area contributed by atoms with Gasteiger partial charge in [-0.2, -0.15) is 5.26 Å². The lowest BCUT2D eigenvalue weighted by Crippen LogP contribution is -2.51. The second-order valence-electron chi connectivity index (χ2n) is 5.27. The molecule has 2 atom stereocenters. The summed E-state index contributed by atoms with van der Waals surface area (Å²) in [6.45, 7) is 7.27. The molecule has 1 N–H and O–H groups in total. The van der Waals surface area contributed by atoms with Crippen LogP contribution in [0, 0.1) is 17.2 Å². The molecule has 1 aromatic rings. The number of hydrogen-bond acceptors (Lipinski definition) is 3. The van der Waals surface area contributed by atoms with Crippen LogP contribution in [0.5, 0.6) is 0 Å². The minimum absolute atomic E-state index is 0.00699. The maximum absolute atomic E-state index is 12.3. The molecule has 21 heavy (non-hydrogen) atoms. The van der Waals surface area contributed by atoms with Gasteiger partial charge in [-0.05, 0) is 31.9 Å². The fourth-order valence-electron chi connectivity index (χ4n) is 1.48. The normalized spacial score (nSPS) is 15.1. The quantitative estimate of drug-likeness (QED) is 0.798. The zero-order chi connectivity index (χ0) is 16.2. The van der Waals surface area contributed by atoms with Crippen molar-refractivity contribution >= 4 is 40.9 Å². The van der Waals surface area contributed by atoms with Crippen LogP contribution in [0.15, 0.2) is 23.1 Å². The van der Waals surface area contributed by atoms with Gasteiger partial charge < -0.3 is 5.32 Å². The van der Waals surface area contributed by atoms with E-state index in [0.717, 1.165) is 0 Å². The first-order valence-electron chi connectivity index (χ1n) is 6.55. The lowest BCUT2D eigenvalue weighted by molar-refractivity contribution is -0.121. The molecule has 6 heteroatoms. The summed E-state index contributed by atoms with van der Waals surface area (Å²) in [4.78, 5) is 13.0. The van der Waals surface area contributed by atoms with Gasteiger partial charge >= 0.3 is 0 Å². The molecule has 0 aliphatic carbocycles. The van der Waals surface area contributed by atoms with E-state index in [1.165, 1.54) is 11.8 Å². The zero-order valence-corrected chi connectivity index (χ0v) is 14.7. The summed E-state index contributed by atoms with van der Waals surface area (Å²) >= 11 is 13.5. The van der Waals surface area contributed by atoms with Crippen molar-refractivity contribution in [3.05, 3.63) is 28.2 Å². The average Bonchev–Trinajstić information content (AvgIpc) is 2.42. The first-order chi connectivity index (χ1) is 9.71. The monoisotopic (exact) mass is 344 g/mol. The van der Waals surface area contributed by atoms with E-state index < -0.39 is 10.8 Å². The Morgan fingerprint density at radius 1 is 1.33 bits per heavy atom. The van der Waals surface area contributed by atoms with E-state index in [2.05, 4.69) is 11.4 Å². The highest BCUT2D eigenvalue weighted by atomic mass is 35.5. The Hall–Kier alpha value is -0.890. The summed E-state index contributed by atoms with van der Waals surface area (Å²) in [6, 6.07) is 7.37. The third-order valence-electron chi connectivity index (χ3n) is 3.35. The second kappa shape index (κ2) is 7.40. The Morgan fingerprint density at radius 2 is 1.86 bits per heavy atom. The van der Waals surface area contributed by atoms with E-state index in [-0.39, 0.29) is 11.8 Å². The number of nitrogens with one attached hydrogen (secondary N) is 1.